The third kappa shape index (κ3) is 2.47. The molecule has 2 aromatic rings. The van der Waals surface area contributed by atoms with Gasteiger partial charge >= 0.3 is 17.8 Å². The number of benzene rings is 2. The smallest absolute Gasteiger partial charge is 0.376 e. The van der Waals surface area contributed by atoms with Crippen LogP contribution in [0.4, 0.5) is 74.6 Å². The number of alkyl halides is 7. The van der Waals surface area contributed by atoms with E-state index in [1.165, 1.54) is 0 Å². The summed E-state index contributed by atoms with van der Waals surface area (Å²) in [6, 6.07) is 0. The van der Waals surface area contributed by atoms with Crippen LogP contribution in [0.1, 0.15) is 11.1 Å². The average Bonchev–Trinajstić information content (AvgIpc) is 3.11. The molecule has 0 saturated heterocycles. The van der Waals surface area contributed by atoms with Crippen molar-refractivity contribution in [1.82, 2.24) is 0 Å². The van der Waals surface area contributed by atoms with Crippen molar-refractivity contribution in [3.8, 4) is 11.1 Å². The molecule has 37 heavy (non-hydrogen) atoms. The topological polar surface area (TPSA) is 20.2 Å². The second-order valence-corrected chi connectivity index (χ2v) is 7.73. The molecule has 0 amide bonds. The van der Waals surface area contributed by atoms with E-state index in [2.05, 4.69) is 0 Å². The van der Waals surface area contributed by atoms with Gasteiger partial charge in [-0.15, -0.1) is 0 Å². The maximum Gasteiger partial charge on any atom is 0.382 e. The van der Waals surface area contributed by atoms with Gasteiger partial charge in [-0.1, -0.05) is 0 Å². The van der Waals surface area contributed by atoms with Gasteiger partial charge in [0.1, 0.15) is 0 Å². The van der Waals surface area contributed by atoms with Gasteiger partial charge in [-0.3, -0.25) is 0 Å². The summed E-state index contributed by atoms with van der Waals surface area (Å²) >= 11 is 0. The molecule has 2 aliphatic rings. The lowest BCUT2D eigenvalue weighted by Crippen LogP contribution is -2.73. The van der Waals surface area contributed by atoms with E-state index in [1.54, 1.807) is 0 Å². The number of rotatable bonds is 1. The minimum absolute atomic E-state index is 2.69. The van der Waals surface area contributed by atoms with E-state index >= 15 is 4.39 Å². The summed E-state index contributed by atoms with van der Waals surface area (Å²) in [6.07, 6.45) is 0. The Bertz CT molecular complexity index is 1370. The van der Waals surface area contributed by atoms with Gasteiger partial charge in [0, 0.05) is 22.3 Å². The third-order valence-corrected chi connectivity index (χ3v) is 6.00. The number of hydrogen-bond acceptors (Lipinski definition) is 1. The first-order chi connectivity index (χ1) is 16.6. The number of halogens is 17. The van der Waals surface area contributed by atoms with Crippen molar-refractivity contribution in [2.45, 2.75) is 29.0 Å². The lowest BCUT2D eigenvalue weighted by atomic mass is 9.67. The highest BCUT2D eigenvalue weighted by molar-refractivity contribution is 5.83. The SMILES string of the molecule is OC1(C2(F)C(F)=C(F)C(F)(F)C(F)(F)C2(F)F)c2c(F)c(F)c(F)c(F)c2-c2c(F)c(F)c(F)c(F)c21. The van der Waals surface area contributed by atoms with Crippen molar-refractivity contribution in [1.29, 1.82) is 0 Å². The van der Waals surface area contributed by atoms with Crippen molar-refractivity contribution in [3.05, 3.63) is 69.3 Å². The second kappa shape index (κ2) is 7.08. The molecule has 18 heteroatoms. The Balaban J connectivity index is 2.39. The maximum atomic E-state index is 15.9. The molecule has 2 aromatic carbocycles. The van der Waals surface area contributed by atoms with Crippen LogP contribution >= 0.6 is 0 Å². The Morgan fingerprint density at radius 3 is 1.08 bits per heavy atom. The molecule has 0 bridgehead atoms. The quantitative estimate of drug-likeness (QED) is 0.228. The molecule has 0 radical (unpaired) electrons. The summed E-state index contributed by atoms with van der Waals surface area (Å²) < 4.78 is 243. The predicted octanol–water partition coefficient (Wildman–Crippen LogP) is 6.79. The van der Waals surface area contributed by atoms with E-state index in [0.29, 0.717) is 0 Å². The molecule has 0 spiro atoms. The van der Waals surface area contributed by atoms with E-state index < -0.39 is 109 Å². The van der Waals surface area contributed by atoms with Gasteiger partial charge in [-0.2, -0.15) is 26.3 Å². The van der Waals surface area contributed by atoms with Crippen LogP contribution in [0.2, 0.25) is 0 Å². The molecule has 0 heterocycles. The first-order valence-electron chi connectivity index (χ1n) is 8.94. The van der Waals surface area contributed by atoms with Gasteiger partial charge < -0.3 is 5.11 Å². The first-order valence-corrected chi connectivity index (χ1v) is 8.94. The minimum Gasteiger partial charge on any atom is -0.376 e. The highest BCUT2D eigenvalue weighted by atomic mass is 19.4. The highest BCUT2D eigenvalue weighted by Gasteiger charge is 2.91. The number of aliphatic hydroxyl groups is 1. The van der Waals surface area contributed by atoms with E-state index in [9.17, 15) is 75.4 Å². The van der Waals surface area contributed by atoms with Crippen LogP contribution in [0.15, 0.2) is 11.7 Å². The van der Waals surface area contributed by atoms with Crippen LogP contribution in [0.3, 0.4) is 0 Å². The normalized spacial score (nSPS) is 24.8. The summed E-state index contributed by atoms with van der Waals surface area (Å²) in [5.41, 5.74) is -24.8. The third-order valence-electron chi connectivity index (χ3n) is 6.00. The fourth-order valence-electron chi connectivity index (χ4n) is 4.25. The second-order valence-electron chi connectivity index (χ2n) is 7.73. The monoisotopic (exact) mass is 568 g/mol. The van der Waals surface area contributed by atoms with Crippen LogP contribution in [0.5, 0.6) is 0 Å². The zero-order chi connectivity index (χ0) is 28.6. The summed E-state index contributed by atoms with van der Waals surface area (Å²) in [5, 5.41) is 10.7. The molecule has 4 rings (SSSR count). The van der Waals surface area contributed by atoms with Gasteiger partial charge in [0.05, 0.1) is 0 Å². The predicted molar refractivity (Wildman–Crippen MR) is 82.5 cm³/mol. The largest absolute Gasteiger partial charge is 0.382 e. The van der Waals surface area contributed by atoms with E-state index in [0.717, 1.165) is 0 Å². The molecule has 0 aliphatic heterocycles. The van der Waals surface area contributed by atoms with E-state index in [-0.39, 0.29) is 0 Å². The fraction of sp³-hybridized carbons (Fsp3) is 0.263. The zero-order valence-corrected chi connectivity index (χ0v) is 16.4. The lowest BCUT2D eigenvalue weighted by molar-refractivity contribution is -0.365. The van der Waals surface area contributed by atoms with E-state index in [4.69, 9.17) is 0 Å². The summed E-state index contributed by atoms with van der Waals surface area (Å²) in [7, 11) is 0. The molecular weight excluding hydrogens is 567 g/mol. The average molecular weight is 568 g/mol. The van der Waals surface area contributed by atoms with Crippen molar-refractivity contribution in [2.75, 3.05) is 0 Å². The first kappa shape index (κ1) is 27.0. The summed E-state index contributed by atoms with van der Waals surface area (Å²) in [4.78, 5) is 0. The van der Waals surface area contributed by atoms with Crippen molar-refractivity contribution >= 4 is 0 Å². The van der Waals surface area contributed by atoms with Gasteiger partial charge in [0.15, 0.2) is 58.0 Å². The molecule has 1 N–H and O–H groups in total. The Morgan fingerprint density at radius 1 is 0.405 bits per heavy atom. The zero-order valence-electron chi connectivity index (χ0n) is 16.4. The van der Waals surface area contributed by atoms with Gasteiger partial charge in [-0.25, -0.2) is 48.3 Å². The van der Waals surface area contributed by atoms with Crippen LogP contribution in [-0.2, 0) is 5.60 Å². The number of allylic oxidation sites excluding steroid dienone is 1. The van der Waals surface area contributed by atoms with Crippen molar-refractivity contribution in [3.63, 3.8) is 0 Å². The Labute approximate surface area is 190 Å². The number of fused-ring (bicyclic) bond motifs is 3. The molecule has 1 atom stereocenters. The minimum atomic E-state index is -7.60. The molecule has 0 saturated carbocycles. The van der Waals surface area contributed by atoms with Gasteiger partial charge in [0.25, 0.3) is 5.67 Å². The molecule has 1 nitrogen and oxygen atoms in total. The maximum absolute atomic E-state index is 15.9. The van der Waals surface area contributed by atoms with Crippen LogP contribution in [-0.4, -0.2) is 28.5 Å². The van der Waals surface area contributed by atoms with Crippen molar-refractivity contribution in [2.24, 2.45) is 0 Å². The summed E-state index contributed by atoms with van der Waals surface area (Å²) in [6.45, 7) is 0. The van der Waals surface area contributed by atoms with Crippen LogP contribution in [0, 0.1) is 46.5 Å². The molecule has 0 fully saturated rings. The molecule has 202 valence electrons. The highest BCUT2D eigenvalue weighted by Crippen LogP contribution is 2.70. The standard InChI is InChI=1S/C19HF17O/c20-5-1-2-4(8(23)12(27)10(25)6(2)21)15(37,3(1)7(22)11(26)9(5)24)16(30)13(28)14(29)17(31,32)19(35,36)18(16,33)34/h37H. The van der Waals surface area contributed by atoms with Crippen LogP contribution in [0.25, 0.3) is 11.1 Å². The molecule has 1 unspecified atom stereocenters. The Kier molecular flexibility index (Phi) is 5.16. The van der Waals surface area contributed by atoms with Gasteiger partial charge in [-0.05, 0) is 0 Å². The summed E-state index contributed by atoms with van der Waals surface area (Å²) in [5.74, 6) is -56.9. The fourth-order valence-corrected chi connectivity index (χ4v) is 4.25. The van der Waals surface area contributed by atoms with Crippen LogP contribution < -0.4 is 0 Å². The Hall–Kier alpha value is -3.05. The van der Waals surface area contributed by atoms with Crippen molar-refractivity contribution < 1.29 is 79.7 Å². The lowest BCUT2D eigenvalue weighted by Gasteiger charge is -2.49. The molecule has 2 aliphatic carbocycles. The molecule has 0 aromatic heterocycles. The molecular formula is C19HF17O. The Morgan fingerprint density at radius 2 is 0.730 bits per heavy atom. The van der Waals surface area contributed by atoms with Gasteiger partial charge in [0.2, 0.25) is 5.83 Å². The van der Waals surface area contributed by atoms with E-state index in [1.807, 2.05) is 0 Å². The number of hydrogen-bond donors (Lipinski definition) is 1.